The van der Waals surface area contributed by atoms with Crippen LogP contribution in [0.3, 0.4) is 0 Å². The number of amidine groups is 2. The molecule has 6 aliphatic heterocycles. The highest BCUT2D eigenvalue weighted by Crippen LogP contribution is 2.42. The topological polar surface area (TPSA) is 104 Å². The maximum absolute atomic E-state index is 9.57. The summed E-state index contributed by atoms with van der Waals surface area (Å²) < 4.78 is 91.7. The van der Waals surface area contributed by atoms with Crippen LogP contribution >= 0.6 is 39.5 Å². The van der Waals surface area contributed by atoms with Gasteiger partial charge in [-0.2, -0.15) is 0 Å². The maximum atomic E-state index is 9.57. The fraction of sp³-hybridized carbons (Fsp3) is 0.500. The molecule has 2 atom stereocenters. The summed E-state index contributed by atoms with van der Waals surface area (Å²) in [5, 5.41) is 10.5. The Morgan fingerprint density at radius 2 is 1.04 bits per heavy atom. The van der Waals surface area contributed by atoms with E-state index in [9.17, 15) is 5.11 Å². The summed E-state index contributed by atoms with van der Waals surface area (Å²) >= 11 is 6.68. The first-order valence-electron chi connectivity index (χ1n) is 27.3. The van der Waals surface area contributed by atoms with Crippen LogP contribution in [-0.4, -0.2) is 166 Å². The van der Waals surface area contributed by atoms with Crippen molar-refractivity contribution in [1.29, 1.82) is 0 Å². The van der Waals surface area contributed by atoms with Gasteiger partial charge in [0.05, 0.1) is 49.8 Å². The van der Waals surface area contributed by atoms with Gasteiger partial charge in [0.15, 0.2) is 12.6 Å². The maximum Gasteiger partial charge on any atom is 0.157 e. The van der Waals surface area contributed by atoms with Crippen LogP contribution in [0.5, 0.6) is 0 Å². The molecule has 12 nitrogen and oxygen atoms in total. The molecule has 0 aromatic heterocycles. The molecule has 15 heteroatoms. The van der Waals surface area contributed by atoms with Gasteiger partial charge in [0.1, 0.15) is 11.7 Å². The molecule has 0 radical (unpaired) electrons. The molecule has 4 aromatic rings. The summed E-state index contributed by atoms with van der Waals surface area (Å²) in [6, 6.07) is 32.4. The van der Waals surface area contributed by atoms with Crippen molar-refractivity contribution < 1.29 is 39.8 Å². The fourth-order valence-corrected chi connectivity index (χ4v) is 10.4. The van der Waals surface area contributed by atoms with Crippen molar-refractivity contribution in [2.24, 2.45) is 9.98 Å². The van der Waals surface area contributed by atoms with Crippen molar-refractivity contribution in [1.82, 2.24) is 19.6 Å². The summed E-state index contributed by atoms with van der Waals surface area (Å²) in [4.78, 5) is 21.6. The lowest BCUT2D eigenvalue weighted by Crippen LogP contribution is -2.49. The Bertz CT molecular complexity index is 2540. The van der Waals surface area contributed by atoms with Crippen molar-refractivity contribution in [3.63, 3.8) is 0 Å². The molecule has 0 saturated carbocycles. The van der Waals surface area contributed by atoms with E-state index in [2.05, 4.69) is 56.1 Å². The Balaban J connectivity index is 0.000000172. The number of hydrogen-bond donors (Lipinski definition) is 1. The lowest BCUT2D eigenvalue weighted by molar-refractivity contribution is -0.169. The van der Waals surface area contributed by atoms with E-state index in [4.69, 9.17) is 44.6 Å². The summed E-state index contributed by atoms with van der Waals surface area (Å²) in [7, 11) is 0. The summed E-state index contributed by atoms with van der Waals surface area (Å²) in [6.07, 6.45) is 6.18. The predicted octanol–water partition coefficient (Wildman–Crippen LogP) is 9.17. The van der Waals surface area contributed by atoms with Crippen LogP contribution in [0.25, 0.3) is 0 Å². The molecule has 0 spiro atoms. The molecule has 4 aromatic carbocycles. The van der Waals surface area contributed by atoms with Crippen LogP contribution < -0.4 is 0 Å². The number of β-amino-alcohol motifs (C(OH)–C–C–N with tert-alkyl or cyclic N) is 1. The number of aliphatic imine (C=N–C) groups is 2. The Morgan fingerprint density at radius 1 is 0.582 bits per heavy atom. The molecule has 6 aliphatic rings. The van der Waals surface area contributed by atoms with Gasteiger partial charge in [-0.15, -0.1) is 0 Å². The van der Waals surface area contributed by atoms with E-state index in [1.165, 1.54) is 22.6 Å². The average molecular weight is 1020 g/mol. The molecule has 4 saturated heterocycles. The van der Waals surface area contributed by atoms with Crippen LogP contribution in [0.1, 0.15) is 60.6 Å². The second-order valence-corrected chi connectivity index (χ2v) is 19.2. The largest absolute Gasteiger partial charge is 0.395 e. The predicted molar refractivity (Wildman–Crippen MR) is 273 cm³/mol. The molecule has 0 bridgehead atoms. The quantitative estimate of drug-likeness (QED) is 0.108. The van der Waals surface area contributed by atoms with Gasteiger partial charge >= 0.3 is 0 Å². The first kappa shape index (κ1) is 40.4. The van der Waals surface area contributed by atoms with Gasteiger partial charge in [0.25, 0.3) is 0 Å². The highest BCUT2D eigenvalue weighted by Gasteiger charge is 2.27. The van der Waals surface area contributed by atoms with Gasteiger partial charge in [-0.3, -0.25) is 9.80 Å². The molecule has 0 amide bonds. The average Bonchev–Trinajstić information content (AvgIpc) is 3.71. The molecule has 10 rings (SSSR count). The molecular weight excluding hydrogens is 949 g/mol. The number of para-hydroxylation sites is 2. The molecule has 4 fully saturated rings. The zero-order valence-corrected chi connectivity index (χ0v) is 41.1. The third-order valence-electron chi connectivity index (χ3n) is 11.7. The number of ether oxygens (including phenoxy) is 5. The first-order valence-corrected chi connectivity index (χ1v) is 26.1. The van der Waals surface area contributed by atoms with Gasteiger partial charge in [-0.05, 0) is 74.9 Å². The minimum Gasteiger partial charge on any atom is -0.395 e. The van der Waals surface area contributed by atoms with Crippen molar-refractivity contribution in [3.05, 3.63) is 108 Å². The van der Waals surface area contributed by atoms with Crippen molar-refractivity contribution in [2.75, 3.05) is 117 Å². The second kappa shape index (κ2) is 27.2. The number of hydrogen-bond acceptors (Lipinski definition) is 14. The van der Waals surface area contributed by atoms with Crippen LogP contribution in [0, 0.1) is 0 Å². The third-order valence-corrected chi connectivity index (χ3v) is 14.3. The zero-order valence-electron chi connectivity index (χ0n) is 45.9. The number of alkyl halides is 1. The normalized spacial score (nSPS) is 23.4. The summed E-state index contributed by atoms with van der Waals surface area (Å²) in [5.41, 5.74) is 3.92. The smallest absolute Gasteiger partial charge is 0.157 e. The van der Waals surface area contributed by atoms with Gasteiger partial charge < -0.3 is 38.6 Å². The number of aliphatic hydroxyl groups is 1. The van der Waals surface area contributed by atoms with Gasteiger partial charge in [-0.1, -0.05) is 100 Å². The lowest BCUT2D eigenvalue weighted by Gasteiger charge is -2.36. The van der Waals surface area contributed by atoms with Gasteiger partial charge in [0, 0.05) is 120 Å². The summed E-state index contributed by atoms with van der Waals surface area (Å²) in [6.45, 7) is -4.42. The molecule has 67 heavy (non-hydrogen) atoms. The summed E-state index contributed by atoms with van der Waals surface area (Å²) in [5.74, 6) is 1.72. The standard InChI is InChI=1S/C26H33N3O3S.C19H21N3OS.C7H13BrO2/c1-3-9-23-21(7-1)26(27-22-8-2-4-10-24(22)33-23)29-14-12-28(13-15-29)16-18-30-19-20-32-25-11-5-6-17-31-25;23-14-13-21-9-11-22(12-10-21)19-15-5-1-3-7-17(15)24-18-8-4-2-6-16(18)20-19;8-4-6-10-7-3-1-2-5-9-7/h1-4,7-10,25H,5-6,11-20H2;1-8,23H,9-14H2;7H,1-6H2/i16D2,18D2;13D2,14D2;. The van der Waals surface area contributed by atoms with Gasteiger partial charge in [0.2, 0.25) is 0 Å². The van der Waals surface area contributed by atoms with E-state index in [1.54, 1.807) is 23.5 Å². The Labute approximate surface area is 425 Å². The molecule has 6 heterocycles. The van der Waals surface area contributed by atoms with E-state index in [0.717, 1.165) is 98.0 Å². The minimum atomic E-state index is -2.92. The third kappa shape index (κ3) is 14.8. The Morgan fingerprint density at radius 3 is 1.52 bits per heavy atom. The number of nitrogens with zero attached hydrogens (tertiary/aromatic N) is 6. The Kier molecular flexibility index (Phi) is 16.4. The van der Waals surface area contributed by atoms with Crippen molar-refractivity contribution in [3.8, 4) is 0 Å². The monoisotopic (exact) mass is 1020 g/mol. The van der Waals surface area contributed by atoms with Gasteiger partial charge in [-0.25, -0.2) is 9.98 Å². The van der Waals surface area contributed by atoms with Crippen LogP contribution in [0.2, 0.25) is 0 Å². The SMILES string of the molecule is BrCCOC1CCCCO1.[2H]C([2H])(O)C([2H])([2H])N1CCN(C2=Nc3ccccc3Sc3ccccc32)CC1.[2H]C([2H])(OCCOC1CCCCO1)C([2H])([2H])N1CCN(C2=Nc3ccccc3Sc3ccccc32)CC1. The lowest BCUT2D eigenvalue weighted by atomic mass is 10.1. The van der Waals surface area contributed by atoms with Crippen LogP contribution in [-0.2, 0) is 23.7 Å². The zero-order chi connectivity index (χ0) is 53.1. The number of rotatable bonds is 12. The van der Waals surface area contributed by atoms with Crippen LogP contribution in [0.4, 0.5) is 11.4 Å². The molecule has 2 unspecified atom stereocenters. The van der Waals surface area contributed by atoms with E-state index >= 15 is 0 Å². The molecule has 1 N–H and O–H groups in total. The van der Waals surface area contributed by atoms with Crippen molar-refractivity contribution >= 4 is 62.5 Å². The fourth-order valence-electron chi connectivity index (χ4n) is 8.18. The van der Waals surface area contributed by atoms with E-state index in [0.29, 0.717) is 59.0 Å². The molecular formula is C52H67BrN6O6S2. The number of fused-ring (bicyclic) bond motifs is 4. The van der Waals surface area contributed by atoms with E-state index in [-0.39, 0.29) is 25.8 Å². The van der Waals surface area contributed by atoms with E-state index < -0.39 is 26.1 Å². The minimum absolute atomic E-state index is 0.0446. The second-order valence-electron chi connectivity index (χ2n) is 16.3. The number of piperazine rings is 2. The molecule has 360 valence electrons. The highest BCUT2D eigenvalue weighted by atomic mass is 79.9. The molecule has 0 aliphatic carbocycles. The number of halogens is 1. The highest BCUT2D eigenvalue weighted by molar-refractivity contribution is 9.09. The van der Waals surface area contributed by atoms with Crippen molar-refractivity contribution in [2.45, 2.75) is 70.7 Å². The van der Waals surface area contributed by atoms with Crippen LogP contribution in [0.15, 0.2) is 127 Å². The van der Waals surface area contributed by atoms with E-state index in [1.807, 2.05) is 66.7 Å². The first-order chi connectivity index (χ1) is 36.1. The number of benzene rings is 4. The Hall–Kier alpha value is -3.32.